The van der Waals surface area contributed by atoms with Gasteiger partial charge in [-0.15, -0.1) is 0 Å². The number of aliphatic hydroxyl groups is 1. The molecule has 4 aliphatic rings. The van der Waals surface area contributed by atoms with Crippen LogP contribution in [0.2, 0.25) is 0 Å². The quantitative estimate of drug-likeness (QED) is 0.619. The van der Waals surface area contributed by atoms with Crippen molar-refractivity contribution in [1.29, 1.82) is 0 Å². The van der Waals surface area contributed by atoms with Crippen LogP contribution in [-0.2, 0) is 38.0 Å². The number of rotatable bonds is 5. The molecule has 0 unspecified atom stereocenters. The molecule has 9 heteroatoms. The fourth-order valence-electron chi connectivity index (χ4n) is 3.96. The van der Waals surface area contributed by atoms with Crippen molar-refractivity contribution < 1.29 is 43.1 Å². The Morgan fingerprint density at radius 1 is 0.808 bits per heavy atom. The Morgan fingerprint density at radius 3 is 1.96 bits per heavy atom. The summed E-state index contributed by atoms with van der Waals surface area (Å²) in [6, 6.07) is 0. The van der Waals surface area contributed by atoms with E-state index < -0.39 is 42.5 Å². The first-order valence-corrected chi connectivity index (χ1v) is 9.06. The van der Waals surface area contributed by atoms with E-state index in [0.29, 0.717) is 13.2 Å². The molecular weight excluding hydrogens is 348 g/mol. The maximum absolute atomic E-state index is 12.0. The molecule has 0 radical (unpaired) electrons. The number of carbonyl (C=O) groups excluding carboxylic acids is 2. The van der Waals surface area contributed by atoms with Crippen molar-refractivity contribution in [2.75, 3.05) is 26.4 Å². The van der Waals surface area contributed by atoms with Gasteiger partial charge in [0.25, 0.3) is 0 Å². The van der Waals surface area contributed by atoms with Gasteiger partial charge in [-0.05, 0) is 0 Å². The first-order valence-electron chi connectivity index (χ1n) is 9.06. The average molecular weight is 372 g/mol. The third-order valence-corrected chi connectivity index (χ3v) is 5.34. The molecule has 26 heavy (non-hydrogen) atoms. The Hall–Kier alpha value is -1.26. The molecular formula is C17H24O9. The van der Waals surface area contributed by atoms with E-state index in [0.717, 1.165) is 0 Å². The molecule has 9 nitrogen and oxygen atoms in total. The molecule has 4 rings (SSSR count). The maximum Gasteiger partial charge on any atom is 0.306 e. The first kappa shape index (κ1) is 18.1. The summed E-state index contributed by atoms with van der Waals surface area (Å²) in [4.78, 5) is 24.0. The Kier molecular flexibility index (Phi) is 5.15. The van der Waals surface area contributed by atoms with Crippen LogP contribution in [0.15, 0.2) is 0 Å². The zero-order chi connectivity index (χ0) is 18.3. The Balaban J connectivity index is 1.18. The molecule has 0 saturated carbocycles. The normalized spacial score (nSPS) is 43.9. The van der Waals surface area contributed by atoms with Crippen molar-refractivity contribution in [3.05, 3.63) is 0 Å². The van der Waals surface area contributed by atoms with Crippen LogP contribution >= 0.6 is 0 Å². The first-order chi connectivity index (χ1) is 12.5. The molecule has 1 N–H and O–H groups in total. The highest BCUT2D eigenvalue weighted by molar-refractivity contribution is 5.77. The second kappa shape index (κ2) is 7.40. The number of ether oxygens (including phenoxy) is 6. The van der Waals surface area contributed by atoms with Crippen molar-refractivity contribution in [1.82, 2.24) is 0 Å². The standard InChI is InChI=1S/C17H24O9/c1-8-4-21-16-10(6-23-14(8)16)25-12(19)2-3-13(20)26-11-7-24-15-9(18)5-22-17(11)15/h8-11,14-18H,2-7H2,1H3/t8-,9-,10-,11-,14+,15+,16+,17+/m0/s1. The van der Waals surface area contributed by atoms with Crippen LogP contribution < -0.4 is 0 Å². The maximum atomic E-state index is 12.0. The fourth-order valence-corrected chi connectivity index (χ4v) is 3.96. The Morgan fingerprint density at radius 2 is 1.31 bits per heavy atom. The molecule has 0 spiro atoms. The van der Waals surface area contributed by atoms with E-state index in [9.17, 15) is 14.7 Å². The van der Waals surface area contributed by atoms with Crippen LogP contribution in [0.25, 0.3) is 0 Å². The van der Waals surface area contributed by atoms with Gasteiger partial charge in [0.15, 0.2) is 12.2 Å². The number of esters is 2. The third-order valence-electron chi connectivity index (χ3n) is 5.34. The van der Waals surface area contributed by atoms with Crippen molar-refractivity contribution in [2.45, 2.75) is 62.5 Å². The number of carbonyl (C=O) groups is 2. The summed E-state index contributed by atoms with van der Waals surface area (Å²) in [7, 11) is 0. The molecule has 0 bridgehead atoms. The number of hydrogen-bond acceptors (Lipinski definition) is 9. The molecule has 0 aromatic rings. The Labute approximate surface area is 150 Å². The Bertz CT molecular complexity index is 504. The van der Waals surface area contributed by atoms with Crippen LogP contribution in [0.5, 0.6) is 0 Å². The van der Waals surface area contributed by atoms with E-state index >= 15 is 0 Å². The molecule has 0 amide bonds. The SMILES string of the molecule is C[C@H]1CO[C@H]2[C@@H]1OC[C@@H]2OC(=O)CCC(=O)O[C@H]1CO[C@H]2[C@@H]1OC[C@@H]2O. The van der Waals surface area contributed by atoms with Crippen LogP contribution in [0, 0.1) is 5.92 Å². The molecule has 8 atom stereocenters. The minimum Gasteiger partial charge on any atom is -0.457 e. The van der Waals surface area contributed by atoms with E-state index in [2.05, 4.69) is 0 Å². The topological polar surface area (TPSA) is 110 Å². The molecule has 4 fully saturated rings. The minimum atomic E-state index is -0.698. The van der Waals surface area contributed by atoms with Gasteiger partial charge in [-0.3, -0.25) is 9.59 Å². The summed E-state index contributed by atoms with van der Waals surface area (Å²) in [5, 5.41) is 9.67. The second-order valence-electron chi connectivity index (χ2n) is 7.29. The average Bonchev–Trinajstić information content (AvgIpc) is 3.35. The van der Waals surface area contributed by atoms with Gasteiger partial charge in [0, 0.05) is 5.92 Å². The summed E-state index contributed by atoms with van der Waals surface area (Å²) in [6.07, 6.45) is -3.01. The van der Waals surface area contributed by atoms with E-state index in [1.165, 1.54) is 0 Å². The lowest BCUT2D eigenvalue weighted by atomic mass is 10.0. The van der Waals surface area contributed by atoms with E-state index in [1.54, 1.807) is 0 Å². The molecule has 0 aromatic heterocycles. The number of hydrogen-bond donors (Lipinski definition) is 1. The van der Waals surface area contributed by atoms with Crippen molar-refractivity contribution in [2.24, 2.45) is 5.92 Å². The molecule has 146 valence electrons. The van der Waals surface area contributed by atoms with Crippen molar-refractivity contribution in [3.8, 4) is 0 Å². The van der Waals surface area contributed by atoms with E-state index in [4.69, 9.17) is 28.4 Å². The van der Waals surface area contributed by atoms with Crippen molar-refractivity contribution in [3.63, 3.8) is 0 Å². The van der Waals surface area contributed by atoms with Crippen molar-refractivity contribution >= 4 is 11.9 Å². The highest BCUT2D eigenvalue weighted by Gasteiger charge is 2.49. The molecule has 0 aromatic carbocycles. The lowest BCUT2D eigenvalue weighted by Crippen LogP contribution is -2.34. The molecule has 4 aliphatic heterocycles. The number of aliphatic hydroxyl groups excluding tert-OH is 1. The summed E-state index contributed by atoms with van der Waals surface area (Å²) >= 11 is 0. The highest BCUT2D eigenvalue weighted by atomic mass is 16.6. The van der Waals surface area contributed by atoms with Gasteiger partial charge in [-0.2, -0.15) is 0 Å². The molecule has 4 heterocycles. The zero-order valence-electron chi connectivity index (χ0n) is 14.6. The van der Waals surface area contributed by atoms with E-state index in [1.807, 2.05) is 6.92 Å². The summed E-state index contributed by atoms with van der Waals surface area (Å²) < 4.78 is 32.8. The van der Waals surface area contributed by atoms with Gasteiger partial charge in [0.05, 0.1) is 45.4 Å². The largest absolute Gasteiger partial charge is 0.457 e. The van der Waals surface area contributed by atoms with Crippen LogP contribution in [0.3, 0.4) is 0 Å². The minimum absolute atomic E-state index is 0.0326. The van der Waals surface area contributed by atoms with Gasteiger partial charge in [0.1, 0.15) is 24.4 Å². The summed E-state index contributed by atoms with van der Waals surface area (Å²) in [5.41, 5.74) is 0. The summed E-state index contributed by atoms with van der Waals surface area (Å²) in [6.45, 7) is 3.30. The lowest BCUT2D eigenvalue weighted by Gasteiger charge is -2.18. The van der Waals surface area contributed by atoms with Gasteiger partial charge in [-0.1, -0.05) is 6.92 Å². The predicted molar refractivity (Wildman–Crippen MR) is 83.1 cm³/mol. The molecule has 0 aliphatic carbocycles. The van der Waals surface area contributed by atoms with Gasteiger partial charge in [-0.25, -0.2) is 0 Å². The van der Waals surface area contributed by atoms with E-state index in [-0.39, 0.29) is 44.2 Å². The second-order valence-corrected chi connectivity index (χ2v) is 7.29. The smallest absolute Gasteiger partial charge is 0.306 e. The molecule has 4 saturated heterocycles. The monoisotopic (exact) mass is 372 g/mol. The number of fused-ring (bicyclic) bond motifs is 2. The predicted octanol–water partition coefficient (Wildman–Crippen LogP) is -0.818. The van der Waals surface area contributed by atoms with Gasteiger partial charge in [0.2, 0.25) is 0 Å². The highest BCUT2D eigenvalue weighted by Crippen LogP contribution is 2.32. The van der Waals surface area contributed by atoms with Crippen LogP contribution in [0.4, 0.5) is 0 Å². The van der Waals surface area contributed by atoms with Crippen LogP contribution in [-0.4, -0.2) is 86.2 Å². The van der Waals surface area contributed by atoms with Crippen LogP contribution in [0.1, 0.15) is 19.8 Å². The van der Waals surface area contributed by atoms with Gasteiger partial charge < -0.3 is 33.5 Å². The fraction of sp³-hybridized carbons (Fsp3) is 0.882. The summed E-state index contributed by atoms with van der Waals surface area (Å²) in [5.74, 6) is -0.715. The van der Waals surface area contributed by atoms with Gasteiger partial charge >= 0.3 is 11.9 Å². The zero-order valence-corrected chi connectivity index (χ0v) is 14.6. The lowest BCUT2D eigenvalue weighted by molar-refractivity contribution is -0.160. The third kappa shape index (κ3) is 3.46.